The minimum atomic E-state index is 0. The molecule has 0 saturated carbocycles. The zero-order valence-corrected chi connectivity index (χ0v) is 15.3. The Hall–Kier alpha value is -1.85. The Kier molecular flexibility index (Phi) is 6.02. The second kappa shape index (κ2) is 7.81. The number of aromatic nitrogens is 2. The minimum absolute atomic E-state index is 0. The van der Waals surface area contributed by atoms with Crippen LogP contribution in [-0.4, -0.2) is 46.8 Å². The van der Waals surface area contributed by atoms with Crippen LogP contribution in [0.25, 0.3) is 5.69 Å². The molecule has 0 aliphatic carbocycles. The van der Waals surface area contributed by atoms with Gasteiger partial charge in [-0.05, 0) is 38.9 Å². The average molecular weight is 349 g/mol. The summed E-state index contributed by atoms with van der Waals surface area (Å²) >= 11 is 0. The number of carbonyl (C=O) groups is 1. The Labute approximate surface area is 149 Å². The van der Waals surface area contributed by atoms with Crippen LogP contribution in [0.15, 0.2) is 30.3 Å². The van der Waals surface area contributed by atoms with E-state index in [0.29, 0.717) is 12.5 Å². The van der Waals surface area contributed by atoms with Crippen molar-refractivity contribution in [1.82, 2.24) is 20.0 Å². The molecule has 1 unspecified atom stereocenters. The number of benzene rings is 1. The Balaban J connectivity index is 0.00000208. The van der Waals surface area contributed by atoms with E-state index >= 15 is 0 Å². The van der Waals surface area contributed by atoms with Crippen LogP contribution in [0.5, 0.6) is 0 Å². The van der Waals surface area contributed by atoms with Crippen LogP contribution in [0.2, 0.25) is 0 Å². The van der Waals surface area contributed by atoms with E-state index in [-0.39, 0.29) is 18.3 Å². The lowest BCUT2D eigenvalue weighted by Crippen LogP contribution is -2.39. The Morgan fingerprint density at radius 3 is 2.67 bits per heavy atom. The van der Waals surface area contributed by atoms with E-state index in [1.807, 2.05) is 60.8 Å². The molecule has 1 aromatic heterocycles. The van der Waals surface area contributed by atoms with E-state index < -0.39 is 0 Å². The van der Waals surface area contributed by atoms with Crippen LogP contribution < -0.4 is 5.32 Å². The largest absolute Gasteiger partial charge is 0.341 e. The number of nitrogens with one attached hydrogen (secondary N) is 1. The first-order valence-corrected chi connectivity index (χ1v) is 8.15. The van der Waals surface area contributed by atoms with Gasteiger partial charge in [0, 0.05) is 30.9 Å². The van der Waals surface area contributed by atoms with Crippen molar-refractivity contribution in [1.29, 1.82) is 0 Å². The highest BCUT2D eigenvalue weighted by Crippen LogP contribution is 2.19. The molecule has 1 atom stereocenters. The molecule has 1 N–H and O–H groups in total. The lowest BCUT2D eigenvalue weighted by atomic mass is 10.1. The van der Waals surface area contributed by atoms with E-state index in [1.165, 1.54) is 0 Å². The first-order chi connectivity index (χ1) is 11.1. The standard InChI is InChI=1S/C18H24N4O.ClH/c1-13-17(11-18(23)21(3)16-9-10-19-12-16)14(2)22(20-13)15-7-5-4-6-8-15;/h4-8,16,19H,9-12H2,1-3H3;1H. The number of halogens is 1. The highest BCUT2D eigenvalue weighted by molar-refractivity contribution is 5.85. The monoisotopic (exact) mass is 348 g/mol. The zero-order valence-electron chi connectivity index (χ0n) is 14.5. The second-order valence-corrected chi connectivity index (χ2v) is 6.22. The predicted octanol–water partition coefficient (Wildman–Crippen LogP) is 2.27. The third-order valence-electron chi connectivity index (χ3n) is 4.75. The minimum Gasteiger partial charge on any atom is -0.341 e. The number of aryl methyl sites for hydroxylation is 1. The maximum Gasteiger partial charge on any atom is 0.227 e. The second-order valence-electron chi connectivity index (χ2n) is 6.22. The zero-order chi connectivity index (χ0) is 16.4. The smallest absolute Gasteiger partial charge is 0.227 e. The van der Waals surface area contributed by atoms with Crippen LogP contribution in [0.3, 0.4) is 0 Å². The fraction of sp³-hybridized carbons (Fsp3) is 0.444. The van der Waals surface area contributed by atoms with Crippen LogP contribution in [-0.2, 0) is 11.2 Å². The molecule has 0 spiro atoms. The third kappa shape index (κ3) is 3.62. The molecule has 6 heteroatoms. The van der Waals surface area contributed by atoms with Gasteiger partial charge in [0.1, 0.15) is 0 Å². The Bertz CT molecular complexity index is 693. The summed E-state index contributed by atoms with van der Waals surface area (Å²) in [6.45, 7) is 5.90. The van der Waals surface area contributed by atoms with Crippen molar-refractivity contribution in [3.8, 4) is 5.69 Å². The van der Waals surface area contributed by atoms with E-state index in [0.717, 1.165) is 42.1 Å². The summed E-state index contributed by atoms with van der Waals surface area (Å²) in [6.07, 6.45) is 1.45. The molecular formula is C18H25ClN4O. The summed E-state index contributed by atoms with van der Waals surface area (Å²) in [5, 5.41) is 7.93. The molecule has 5 nitrogen and oxygen atoms in total. The number of carbonyl (C=O) groups excluding carboxylic acids is 1. The maximum absolute atomic E-state index is 12.6. The SMILES string of the molecule is Cc1nn(-c2ccccc2)c(C)c1CC(=O)N(C)C1CCNC1.Cl. The molecule has 24 heavy (non-hydrogen) atoms. The van der Waals surface area contributed by atoms with Crippen molar-refractivity contribution in [2.45, 2.75) is 32.7 Å². The van der Waals surface area contributed by atoms with Gasteiger partial charge >= 0.3 is 0 Å². The Morgan fingerprint density at radius 1 is 1.33 bits per heavy atom. The third-order valence-corrected chi connectivity index (χ3v) is 4.75. The number of rotatable bonds is 4. The topological polar surface area (TPSA) is 50.2 Å². The van der Waals surface area contributed by atoms with Crippen molar-refractivity contribution < 1.29 is 4.79 Å². The number of likely N-dealkylation sites (N-methyl/N-ethyl adjacent to an activating group) is 1. The fourth-order valence-electron chi connectivity index (χ4n) is 3.20. The summed E-state index contributed by atoms with van der Waals surface area (Å²) in [7, 11) is 1.91. The fourth-order valence-corrected chi connectivity index (χ4v) is 3.20. The van der Waals surface area contributed by atoms with Gasteiger partial charge in [0.15, 0.2) is 0 Å². The van der Waals surface area contributed by atoms with Crippen molar-refractivity contribution in [3.63, 3.8) is 0 Å². The Morgan fingerprint density at radius 2 is 2.04 bits per heavy atom. The molecule has 1 saturated heterocycles. The molecule has 2 heterocycles. The van der Waals surface area contributed by atoms with Gasteiger partial charge in [-0.2, -0.15) is 5.10 Å². The molecule has 1 amide bonds. The van der Waals surface area contributed by atoms with Gasteiger partial charge in [-0.25, -0.2) is 4.68 Å². The van der Waals surface area contributed by atoms with Gasteiger partial charge in [0.2, 0.25) is 5.91 Å². The molecule has 1 aromatic carbocycles. The van der Waals surface area contributed by atoms with Crippen LogP contribution in [0, 0.1) is 13.8 Å². The van der Waals surface area contributed by atoms with Gasteiger partial charge in [-0.3, -0.25) is 4.79 Å². The molecule has 2 aromatic rings. The number of hydrogen-bond acceptors (Lipinski definition) is 3. The molecule has 0 bridgehead atoms. The molecule has 1 aliphatic rings. The summed E-state index contributed by atoms with van der Waals surface area (Å²) in [5.74, 6) is 0.164. The van der Waals surface area contributed by atoms with Gasteiger partial charge in [0.25, 0.3) is 0 Å². The van der Waals surface area contributed by atoms with Gasteiger partial charge in [0.05, 0.1) is 17.8 Å². The number of amides is 1. The van der Waals surface area contributed by atoms with Gasteiger partial charge < -0.3 is 10.2 Å². The van der Waals surface area contributed by atoms with Crippen LogP contribution in [0.4, 0.5) is 0 Å². The molecule has 1 aliphatic heterocycles. The summed E-state index contributed by atoms with van der Waals surface area (Å²) in [4.78, 5) is 14.5. The van der Waals surface area contributed by atoms with Gasteiger partial charge in [-0.1, -0.05) is 18.2 Å². The van der Waals surface area contributed by atoms with E-state index in [9.17, 15) is 4.79 Å². The normalized spacial score (nSPS) is 16.7. The quantitative estimate of drug-likeness (QED) is 0.922. The first kappa shape index (κ1) is 18.5. The van der Waals surface area contributed by atoms with Crippen LogP contribution >= 0.6 is 12.4 Å². The highest BCUT2D eigenvalue weighted by Gasteiger charge is 2.25. The molecule has 130 valence electrons. The molecule has 0 radical (unpaired) electrons. The van der Waals surface area contributed by atoms with E-state index in [1.54, 1.807) is 0 Å². The molecular weight excluding hydrogens is 324 g/mol. The first-order valence-electron chi connectivity index (χ1n) is 8.15. The van der Waals surface area contributed by atoms with Crippen molar-refractivity contribution in [3.05, 3.63) is 47.3 Å². The molecule has 1 fully saturated rings. The lowest BCUT2D eigenvalue weighted by molar-refractivity contribution is -0.130. The predicted molar refractivity (Wildman–Crippen MR) is 98.0 cm³/mol. The summed E-state index contributed by atoms with van der Waals surface area (Å²) < 4.78 is 1.93. The van der Waals surface area contributed by atoms with Gasteiger partial charge in [-0.15, -0.1) is 12.4 Å². The lowest BCUT2D eigenvalue weighted by Gasteiger charge is -2.23. The van der Waals surface area contributed by atoms with Crippen LogP contribution in [0.1, 0.15) is 23.4 Å². The highest BCUT2D eigenvalue weighted by atomic mass is 35.5. The number of para-hydroxylation sites is 1. The van der Waals surface area contributed by atoms with Crippen molar-refractivity contribution >= 4 is 18.3 Å². The van der Waals surface area contributed by atoms with E-state index in [2.05, 4.69) is 10.4 Å². The summed E-state index contributed by atoms with van der Waals surface area (Å²) in [5.41, 5.74) is 4.04. The average Bonchev–Trinajstić information content (AvgIpc) is 3.19. The number of hydrogen-bond donors (Lipinski definition) is 1. The maximum atomic E-state index is 12.6. The molecule has 3 rings (SSSR count). The van der Waals surface area contributed by atoms with Crippen molar-refractivity contribution in [2.75, 3.05) is 20.1 Å². The summed E-state index contributed by atoms with van der Waals surface area (Å²) in [6, 6.07) is 10.4. The van der Waals surface area contributed by atoms with Crippen molar-refractivity contribution in [2.24, 2.45) is 0 Å². The van der Waals surface area contributed by atoms with E-state index in [4.69, 9.17) is 0 Å². The number of nitrogens with zero attached hydrogens (tertiary/aromatic N) is 3.